The van der Waals surface area contributed by atoms with Gasteiger partial charge in [-0.15, -0.1) is 0 Å². The fourth-order valence-electron chi connectivity index (χ4n) is 3.67. The molecule has 3 aromatic rings. The molecule has 0 radical (unpaired) electrons. The third kappa shape index (κ3) is 3.24. The first-order valence-corrected chi connectivity index (χ1v) is 9.49. The minimum absolute atomic E-state index is 0.0502. The monoisotopic (exact) mass is 347 g/mol. The Morgan fingerprint density at radius 1 is 1.19 bits per heavy atom. The van der Waals surface area contributed by atoms with Gasteiger partial charge in [0.15, 0.2) is 0 Å². The molecular weight excluding hydrogens is 322 g/mol. The number of benzene rings is 2. The van der Waals surface area contributed by atoms with E-state index in [4.69, 9.17) is 4.98 Å². The molecule has 26 heavy (non-hydrogen) atoms. The molecule has 1 N–H and O–H groups in total. The number of carbonyl (C=O) groups excluding carboxylic acids is 1. The van der Waals surface area contributed by atoms with Crippen LogP contribution in [0, 0.1) is 5.92 Å². The molecule has 0 spiro atoms. The summed E-state index contributed by atoms with van der Waals surface area (Å²) in [5, 5.41) is 3.01. The van der Waals surface area contributed by atoms with Crippen molar-refractivity contribution < 1.29 is 4.79 Å². The largest absolute Gasteiger partial charge is 0.348 e. The molecule has 4 nitrogen and oxygen atoms in total. The standard InChI is InChI=1S/C22H25N3O/c1-3-16-4-6-17(7-5-16)14-23-22(26)18-8-9-20-19(13-18)24-21-12-15(2)10-11-25(20)21/h4-9,13,15H,3,10-12,14H2,1-2H3,(H,23,26)/t15-/m0/s1. The predicted octanol–water partition coefficient (Wildman–Crippen LogP) is 4.11. The molecule has 0 unspecified atom stereocenters. The Balaban J connectivity index is 1.49. The molecule has 4 rings (SSSR count). The summed E-state index contributed by atoms with van der Waals surface area (Å²) >= 11 is 0. The van der Waals surface area contributed by atoms with Crippen LogP contribution in [0.25, 0.3) is 11.0 Å². The summed E-state index contributed by atoms with van der Waals surface area (Å²) in [6.07, 6.45) is 3.24. The van der Waals surface area contributed by atoms with Crippen molar-refractivity contribution >= 4 is 16.9 Å². The normalized spacial score (nSPS) is 16.5. The van der Waals surface area contributed by atoms with E-state index >= 15 is 0 Å². The van der Waals surface area contributed by atoms with E-state index in [0.717, 1.165) is 41.8 Å². The smallest absolute Gasteiger partial charge is 0.251 e. The van der Waals surface area contributed by atoms with Crippen LogP contribution in [-0.4, -0.2) is 15.5 Å². The molecule has 0 bridgehead atoms. The number of aromatic nitrogens is 2. The summed E-state index contributed by atoms with van der Waals surface area (Å²) in [6, 6.07) is 14.2. The first kappa shape index (κ1) is 16.8. The van der Waals surface area contributed by atoms with E-state index in [2.05, 4.69) is 48.0 Å². The topological polar surface area (TPSA) is 46.9 Å². The lowest BCUT2D eigenvalue weighted by atomic mass is 10.0. The summed E-state index contributed by atoms with van der Waals surface area (Å²) in [6.45, 7) is 5.97. The van der Waals surface area contributed by atoms with Crippen molar-refractivity contribution in [3.05, 3.63) is 65.0 Å². The van der Waals surface area contributed by atoms with Crippen LogP contribution in [-0.2, 0) is 25.9 Å². The summed E-state index contributed by atoms with van der Waals surface area (Å²) in [5.41, 5.74) is 5.16. The average molecular weight is 347 g/mol. The Hall–Kier alpha value is -2.62. The van der Waals surface area contributed by atoms with Crippen molar-refractivity contribution in [2.24, 2.45) is 5.92 Å². The number of fused-ring (bicyclic) bond motifs is 3. The van der Waals surface area contributed by atoms with Crippen molar-refractivity contribution in [3.8, 4) is 0 Å². The summed E-state index contributed by atoms with van der Waals surface area (Å²) in [7, 11) is 0. The molecule has 2 aromatic carbocycles. The molecular formula is C22H25N3O. The number of carbonyl (C=O) groups is 1. The number of hydrogen-bond donors (Lipinski definition) is 1. The molecule has 1 amide bonds. The molecule has 1 atom stereocenters. The SMILES string of the molecule is CCc1ccc(CNC(=O)c2ccc3c(c2)nc2n3CC[C@H](C)C2)cc1. The summed E-state index contributed by atoms with van der Waals surface area (Å²) in [5.74, 6) is 1.78. The first-order chi connectivity index (χ1) is 12.6. The van der Waals surface area contributed by atoms with Gasteiger partial charge in [0, 0.05) is 25.1 Å². The Bertz CT molecular complexity index is 940. The van der Waals surface area contributed by atoms with E-state index in [9.17, 15) is 4.79 Å². The van der Waals surface area contributed by atoms with Crippen molar-refractivity contribution in [1.29, 1.82) is 0 Å². The van der Waals surface area contributed by atoms with E-state index in [1.165, 1.54) is 12.0 Å². The Morgan fingerprint density at radius 2 is 1.96 bits per heavy atom. The number of imidazole rings is 1. The van der Waals surface area contributed by atoms with Gasteiger partial charge in [0.05, 0.1) is 11.0 Å². The van der Waals surface area contributed by atoms with Crippen molar-refractivity contribution in [2.45, 2.75) is 46.2 Å². The maximum Gasteiger partial charge on any atom is 0.251 e. The Morgan fingerprint density at radius 3 is 2.73 bits per heavy atom. The molecule has 1 aliphatic rings. The van der Waals surface area contributed by atoms with E-state index in [0.29, 0.717) is 18.0 Å². The van der Waals surface area contributed by atoms with Gasteiger partial charge < -0.3 is 9.88 Å². The van der Waals surface area contributed by atoms with Crippen LogP contribution in [0.3, 0.4) is 0 Å². The van der Waals surface area contributed by atoms with Crippen LogP contribution < -0.4 is 5.32 Å². The first-order valence-electron chi connectivity index (χ1n) is 9.49. The average Bonchev–Trinajstić information content (AvgIpc) is 3.02. The van der Waals surface area contributed by atoms with E-state index in [1.807, 2.05) is 18.2 Å². The highest BCUT2D eigenvalue weighted by molar-refractivity contribution is 5.97. The van der Waals surface area contributed by atoms with Crippen LogP contribution in [0.5, 0.6) is 0 Å². The van der Waals surface area contributed by atoms with Crippen molar-refractivity contribution in [2.75, 3.05) is 0 Å². The van der Waals surface area contributed by atoms with Gasteiger partial charge in [0.2, 0.25) is 0 Å². The van der Waals surface area contributed by atoms with E-state index in [-0.39, 0.29) is 5.91 Å². The van der Waals surface area contributed by atoms with Gasteiger partial charge in [-0.05, 0) is 48.1 Å². The van der Waals surface area contributed by atoms with Crippen LogP contribution in [0.15, 0.2) is 42.5 Å². The molecule has 0 fully saturated rings. The number of nitrogens with one attached hydrogen (secondary N) is 1. The van der Waals surface area contributed by atoms with Gasteiger partial charge in [-0.3, -0.25) is 4.79 Å². The van der Waals surface area contributed by atoms with E-state index in [1.54, 1.807) is 0 Å². The van der Waals surface area contributed by atoms with E-state index < -0.39 is 0 Å². The molecule has 134 valence electrons. The fraction of sp³-hybridized carbons (Fsp3) is 0.364. The number of nitrogens with zero attached hydrogens (tertiary/aromatic N) is 2. The zero-order chi connectivity index (χ0) is 18.1. The molecule has 1 aromatic heterocycles. The highest BCUT2D eigenvalue weighted by Gasteiger charge is 2.19. The Labute approximate surface area is 154 Å². The Kier molecular flexibility index (Phi) is 4.49. The van der Waals surface area contributed by atoms with Crippen LogP contribution >= 0.6 is 0 Å². The lowest BCUT2D eigenvalue weighted by Gasteiger charge is -2.19. The number of hydrogen-bond acceptors (Lipinski definition) is 2. The number of rotatable bonds is 4. The molecule has 2 heterocycles. The lowest BCUT2D eigenvalue weighted by molar-refractivity contribution is 0.0951. The minimum atomic E-state index is -0.0502. The molecule has 0 saturated carbocycles. The maximum atomic E-state index is 12.5. The molecule has 4 heteroatoms. The second-order valence-electron chi connectivity index (χ2n) is 7.33. The summed E-state index contributed by atoms with van der Waals surface area (Å²) < 4.78 is 2.30. The molecule has 0 saturated heterocycles. The molecule has 0 aliphatic carbocycles. The van der Waals surface area contributed by atoms with Gasteiger partial charge in [-0.1, -0.05) is 38.1 Å². The zero-order valence-electron chi connectivity index (χ0n) is 15.5. The summed E-state index contributed by atoms with van der Waals surface area (Å²) in [4.78, 5) is 17.3. The van der Waals surface area contributed by atoms with Crippen molar-refractivity contribution in [1.82, 2.24) is 14.9 Å². The van der Waals surface area contributed by atoms with Gasteiger partial charge in [0.25, 0.3) is 5.91 Å². The highest BCUT2D eigenvalue weighted by Crippen LogP contribution is 2.25. The van der Waals surface area contributed by atoms with Crippen LogP contribution in [0.1, 0.15) is 47.6 Å². The maximum absolute atomic E-state index is 12.5. The lowest BCUT2D eigenvalue weighted by Crippen LogP contribution is -2.22. The van der Waals surface area contributed by atoms with Gasteiger partial charge in [0.1, 0.15) is 5.82 Å². The third-order valence-electron chi connectivity index (χ3n) is 5.35. The fourth-order valence-corrected chi connectivity index (χ4v) is 3.67. The number of aryl methyl sites for hydroxylation is 2. The quantitative estimate of drug-likeness (QED) is 0.772. The van der Waals surface area contributed by atoms with Gasteiger partial charge in [-0.2, -0.15) is 0 Å². The third-order valence-corrected chi connectivity index (χ3v) is 5.35. The highest BCUT2D eigenvalue weighted by atomic mass is 16.1. The zero-order valence-corrected chi connectivity index (χ0v) is 15.5. The molecule has 1 aliphatic heterocycles. The van der Waals surface area contributed by atoms with Crippen molar-refractivity contribution in [3.63, 3.8) is 0 Å². The van der Waals surface area contributed by atoms with Crippen LogP contribution in [0.4, 0.5) is 0 Å². The second kappa shape index (κ2) is 6.94. The predicted molar refractivity (Wildman–Crippen MR) is 104 cm³/mol. The number of amides is 1. The minimum Gasteiger partial charge on any atom is -0.348 e. The second-order valence-corrected chi connectivity index (χ2v) is 7.33. The van der Waals surface area contributed by atoms with Crippen LogP contribution in [0.2, 0.25) is 0 Å². The van der Waals surface area contributed by atoms with Gasteiger partial charge in [-0.25, -0.2) is 4.98 Å². The van der Waals surface area contributed by atoms with Gasteiger partial charge >= 0.3 is 0 Å².